The maximum absolute atomic E-state index is 11.6. The minimum absolute atomic E-state index is 0.0913. The van der Waals surface area contributed by atoms with Crippen LogP contribution in [0.1, 0.15) is 26.7 Å². The van der Waals surface area contributed by atoms with Crippen LogP contribution in [0, 0.1) is 0 Å². The van der Waals surface area contributed by atoms with Crippen molar-refractivity contribution in [2.45, 2.75) is 32.7 Å². The van der Waals surface area contributed by atoms with Gasteiger partial charge < -0.3 is 15.4 Å². The highest BCUT2D eigenvalue weighted by atomic mass is 16.5. The number of anilines is 2. The summed E-state index contributed by atoms with van der Waals surface area (Å²) in [5.74, 6) is 0.919. The summed E-state index contributed by atoms with van der Waals surface area (Å²) >= 11 is 0. The Kier molecular flexibility index (Phi) is 7.34. The Morgan fingerprint density at radius 2 is 2.30 bits per heavy atom. The third-order valence-electron chi connectivity index (χ3n) is 2.51. The van der Waals surface area contributed by atoms with Gasteiger partial charge in [0, 0.05) is 25.9 Å². The summed E-state index contributed by atoms with van der Waals surface area (Å²) in [7, 11) is 1.64. The first-order valence-electron chi connectivity index (χ1n) is 6.79. The Labute approximate surface area is 119 Å². The van der Waals surface area contributed by atoms with Crippen molar-refractivity contribution in [2.75, 3.05) is 30.9 Å². The number of nitrogens with zero attached hydrogens (tertiary/aromatic N) is 2. The number of urea groups is 1. The first-order chi connectivity index (χ1) is 9.65. The molecule has 1 heterocycles. The molecule has 0 bridgehead atoms. The van der Waals surface area contributed by atoms with E-state index in [2.05, 4.69) is 32.8 Å². The number of carbonyl (C=O) groups is 1. The van der Waals surface area contributed by atoms with Crippen LogP contribution in [0.4, 0.5) is 16.6 Å². The summed E-state index contributed by atoms with van der Waals surface area (Å²) in [4.78, 5) is 19.9. The van der Waals surface area contributed by atoms with Gasteiger partial charge >= 0.3 is 6.03 Å². The minimum atomic E-state index is -0.256. The lowest BCUT2D eigenvalue weighted by Crippen LogP contribution is -2.30. The summed E-state index contributed by atoms with van der Waals surface area (Å²) < 4.78 is 5.03. The molecule has 0 aromatic carbocycles. The molecule has 0 aliphatic carbocycles. The van der Waals surface area contributed by atoms with Crippen LogP contribution < -0.4 is 16.0 Å². The number of rotatable bonds is 8. The number of ether oxygens (including phenoxy) is 1. The van der Waals surface area contributed by atoms with E-state index in [4.69, 9.17) is 4.74 Å². The predicted molar refractivity (Wildman–Crippen MR) is 78.9 cm³/mol. The first kappa shape index (κ1) is 16.2. The fourth-order valence-corrected chi connectivity index (χ4v) is 1.55. The smallest absolute Gasteiger partial charge is 0.320 e. The Bertz CT molecular complexity index is 414. The van der Waals surface area contributed by atoms with E-state index in [-0.39, 0.29) is 12.1 Å². The number of hydrogen-bond donors (Lipinski definition) is 3. The van der Waals surface area contributed by atoms with Gasteiger partial charge in [-0.2, -0.15) is 4.98 Å². The minimum Gasteiger partial charge on any atom is -0.383 e. The molecule has 20 heavy (non-hydrogen) atoms. The molecular weight excluding hydrogens is 258 g/mol. The lowest BCUT2D eigenvalue weighted by molar-refractivity contribution is 0.190. The summed E-state index contributed by atoms with van der Waals surface area (Å²) in [5.41, 5.74) is 0. The van der Waals surface area contributed by atoms with Crippen LogP contribution in [0.5, 0.6) is 0 Å². The van der Waals surface area contributed by atoms with Crippen molar-refractivity contribution < 1.29 is 9.53 Å². The van der Waals surface area contributed by atoms with Gasteiger partial charge in [0.05, 0.1) is 6.61 Å². The number of nitrogens with one attached hydrogen (secondary N) is 3. The van der Waals surface area contributed by atoms with Gasteiger partial charge in [-0.25, -0.2) is 9.78 Å². The molecule has 0 saturated heterocycles. The molecule has 112 valence electrons. The van der Waals surface area contributed by atoms with Crippen molar-refractivity contribution in [3.63, 3.8) is 0 Å². The Morgan fingerprint density at radius 3 is 3.00 bits per heavy atom. The van der Waals surface area contributed by atoms with Crippen LogP contribution in [0.25, 0.3) is 0 Å². The quantitative estimate of drug-likeness (QED) is 0.633. The normalized spacial score (nSPS) is 11.8. The molecule has 0 radical (unpaired) electrons. The summed E-state index contributed by atoms with van der Waals surface area (Å²) in [5, 5.41) is 8.53. The second-order valence-corrected chi connectivity index (χ2v) is 4.50. The molecule has 0 saturated carbocycles. The van der Waals surface area contributed by atoms with E-state index < -0.39 is 0 Å². The monoisotopic (exact) mass is 281 g/mol. The Hall–Kier alpha value is -1.89. The molecule has 0 fully saturated rings. The molecule has 0 spiro atoms. The highest BCUT2D eigenvalue weighted by Gasteiger charge is 2.06. The van der Waals surface area contributed by atoms with E-state index in [1.54, 1.807) is 19.4 Å². The molecule has 2 amide bonds. The van der Waals surface area contributed by atoms with E-state index in [9.17, 15) is 4.79 Å². The SMILES string of the molecule is CCCCNC(=O)Nc1ccnc(N[C@@H](C)COC)n1. The maximum atomic E-state index is 11.6. The molecule has 3 N–H and O–H groups in total. The number of unbranched alkanes of at least 4 members (excludes halogenated alkanes) is 1. The van der Waals surface area contributed by atoms with Gasteiger partial charge in [0.2, 0.25) is 5.95 Å². The fraction of sp³-hybridized carbons (Fsp3) is 0.615. The van der Waals surface area contributed by atoms with Gasteiger partial charge in [0.25, 0.3) is 0 Å². The maximum Gasteiger partial charge on any atom is 0.320 e. The Morgan fingerprint density at radius 1 is 1.50 bits per heavy atom. The van der Waals surface area contributed by atoms with Crippen LogP contribution in [0.2, 0.25) is 0 Å². The van der Waals surface area contributed by atoms with E-state index in [0.717, 1.165) is 12.8 Å². The molecule has 1 aromatic rings. The van der Waals surface area contributed by atoms with Gasteiger partial charge in [0.15, 0.2) is 0 Å². The average molecular weight is 281 g/mol. The highest BCUT2D eigenvalue weighted by Crippen LogP contribution is 2.06. The third kappa shape index (κ3) is 6.33. The standard InChI is InChI=1S/C13H23N5O2/c1-4-5-7-15-13(19)18-11-6-8-14-12(17-11)16-10(2)9-20-3/h6,8,10H,4-5,7,9H2,1-3H3,(H3,14,15,16,17,18,19)/t10-/m0/s1. The number of methoxy groups -OCH3 is 1. The lowest BCUT2D eigenvalue weighted by Gasteiger charge is -2.13. The first-order valence-corrected chi connectivity index (χ1v) is 6.79. The van der Waals surface area contributed by atoms with Crippen molar-refractivity contribution in [3.8, 4) is 0 Å². The summed E-state index contributed by atoms with van der Waals surface area (Å²) in [6.45, 7) is 5.25. The van der Waals surface area contributed by atoms with E-state index in [0.29, 0.717) is 24.9 Å². The average Bonchev–Trinajstić information content (AvgIpc) is 2.39. The molecule has 1 rings (SSSR count). The fourth-order valence-electron chi connectivity index (χ4n) is 1.55. The highest BCUT2D eigenvalue weighted by molar-refractivity contribution is 5.88. The predicted octanol–water partition coefficient (Wildman–Crippen LogP) is 1.84. The van der Waals surface area contributed by atoms with Crippen LogP contribution >= 0.6 is 0 Å². The van der Waals surface area contributed by atoms with Crippen LogP contribution in [-0.4, -0.2) is 42.3 Å². The topological polar surface area (TPSA) is 88.2 Å². The van der Waals surface area contributed by atoms with Crippen molar-refractivity contribution in [3.05, 3.63) is 12.3 Å². The van der Waals surface area contributed by atoms with Gasteiger partial charge in [-0.05, 0) is 19.4 Å². The number of carbonyl (C=O) groups excluding carboxylic acids is 1. The van der Waals surface area contributed by atoms with Crippen molar-refractivity contribution in [1.29, 1.82) is 0 Å². The zero-order chi connectivity index (χ0) is 14.8. The molecule has 0 unspecified atom stereocenters. The molecule has 0 aliphatic heterocycles. The molecule has 1 aromatic heterocycles. The molecular formula is C13H23N5O2. The molecule has 1 atom stereocenters. The van der Waals surface area contributed by atoms with Crippen molar-refractivity contribution in [2.24, 2.45) is 0 Å². The summed E-state index contributed by atoms with van der Waals surface area (Å²) in [6.07, 6.45) is 3.59. The lowest BCUT2D eigenvalue weighted by atomic mass is 10.3. The number of amides is 2. The second-order valence-electron chi connectivity index (χ2n) is 4.50. The third-order valence-corrected chi connectivity index (χ3v) is 2.51. The van der Waals surface area contributed by atoms with E-state index in [1.165, 1.54) is 0 Å². The zero-order valence-electron chi connectivity index (χ0n) is 12.3. The van der Waals surface area contributed by atoms with Gasteiger partial charge in [-0.3, -0.25) is 5.32 Å². The molecule has 7 nitrogen and oxygen atoms in total. The van der Waals surface area contributed by atoms with Gasteiger partial charge in [-0.15, -0.1) is 0 Å². The van der Waals surface area contributed by atoms with Crippen molar-refractivity contribution >= 4 is 17.8 Å². The van der Waals surface area contributed by atoms with Crippen LogP contribution in [-0.2, 0) is 4.74 Å². The zero-order valence-corrected chi connectivity index (χ0v) is 12.3. The van der Waals surface area contributed by atoms with Gasteiger partial charge in [0.1, 0.15) is 5.82 Å². The Balaban J connectivity index is 2.48. The number of hydrogen-bond acceptors (Lipinski definition) is 5. The second kappa shape index (κ2) is 9.08. The number of aromatic nitrogens is 2. The summed E-state index contributed by atoms with van der Waals surface area (Å²) in [6, 6.07) is 1.48. The van der Waals surface area contributed by atoms with E-state index in [1.807, 2.05) is 6.92 Å². The molecule has 7 heteroatoms. The molecule has 0 aliphatic rings. The van der Waals surface area contributed by atoms with Crippen LogP contribution in [0.15, 0.2) is 12.3 Å². The largest absolute Gasteiger partial charge is 0.383 e. The van der Waals surface area contributed by atoms with E-state index >= 15 is 0 Å². The van der Waals surface area contributed by atoms with Gasteiger partial charge in [-0.1, -0.05) is 13.3 Å². The van der Waals surface area contributed by atoms with Crippen LogP contribution in [0.3, 0.4) is 0 Å². The van der Waals surface area contributed by atoms with Crippen molar-refractivity contribution in [1.82, 2.24) is 15.3 Å².